The highest BCUT2D eigenvalue weighted by atomic mass is 19.3. The third-order valence-corrected chi connectivity index (χ3v) is 9.80. The maximum atomic E-state index is 13.8. The van der Waals surface area contributed by atoms with Crippen LogP contribution in [-0.2, 0) is 16.1 Å². The Hall–Kier alpha value is -6.00. The zero-order valence-electron chi connectivity index (χ0n) is 31.5. The molecule has 1 aliphatic rings. The van der Waals surface area contributed by atoms with Gasteiger partial charge in [0.1, 0.15) is 28.5 Å². The van der Waals surface area contributed by atoms with Crippen molar-refractivity contribution >= 4 is 39.6 Å². The second kappa shape index (κ2) is 15.0. The lowest BCUT2D eigenvalue weighted by atomic mass is 9.93. The molecule has 13 heteroatoms. The van der Waals surface area contributed by atoms with E-state index in [9.17, 15) is 18.8 Å². The number of carbonyl (C=O) groups is 1. The SMILES string of the molecule is COc1cnc2c(Nc3cccc(-c4cccc(-c5nc6cc(CN7CCC(C(=O)OC(C)(C)C)CC7)cc(C#N)c6o5)c4C)c3C)nc(C(F)F)nc2c1. The molecule has 1 fully saturated rings. The van der Waals surface area contributed by atoms with E-state index < -0.39 is 17.9 Å². The second-order valence-corrected chi connectivity index (χ2v) is 14.8. The van der Waals surface area contributed by atoms with Gasteiger partial charge in [0.25, 0.3) is 6.43 Å². The number of oxazole rings is 1. The highest BCUT2D eigenvalue weighted by Gasteiger charge is 2.29. The van der Waals surface area contributed by atoms with Gasteiger partial charge in [-0.05, 0) is 113 Å². The molecular weight excluding hydrogens is 705 g/mol. The van der Waals surface area contributed by atoms with Gasteiger partial charge in [0.2, 0.25) is 5.89 Å². The Labute approximate surface area is 317 Å². The molecule has 11 nitrogen and oxygen atoms in total. The number of rotatable bonds is 9. The van der Waals surface area contributed by atoms with Crippen LogP contribution in [0.2, 0.25) is 0 Å². The van der Waals surface area contributed by atoms with Gasteiger partial charge in [0.05, 0.1) is 30.3 Å². The lowest BCUT2D eigenvalue weighted by molar-refractivity contribution is -0.161. The highest BCUT2D eigenvalue weighted by Crippen LogP contribution is 2.38. The van der Waals surface area contributed by atoms with Crippen LogP contribution in [0.25, 0.3) is 44.7 Å². The van der Waals surface area contributed by atoms with Crippen molar-refractivity contribution in [3.8, 4) is 34.4 Å². The number of esters is 1. The first-order chi connectivity index (χ1) is 26.3. The number of fused-ring (bicyclic) bond motifs is 2. The van der Waals surface area contributed by atoms with Crippen molar-refractivity contribution in [2.24, 2.45) is 5.92 Å². The summed E-state index contributed by atoms with van der Waals surface area (Å²) in [4.78, 5) is 32.3. The van der Waals surface area contributed by atoms with Crippen LogP contribution in [0.15, 0.2) is 65.2 Å². The van der Waals surface area contributed by atoms with Crippen LogP contribution < -0.4 is 10.1 Å². The van der Waals surface area contributed by atoms with Crippen molar-refractivity contribution in [2.75, 3.05) is 25.5 Å². The molecule has 282 valence electrons. The van der Waals surface area contributed by atoms with Crippen molar-refractivity contribution in [1.82, 2.24) is 24.8 Å². The lowest BCUT2D eigenvalue weighted by Crippen LogP contribution is -2.38. The molecule has 3 aromatic heterocycles. The molecule has 6 aromatic rings. The Morgan fingerprint density at radius 1 is 1.00 bits per heavy atom. The van der Waals surface area contributed by atoms with E-state index in [1.807, 2.05) is 83.1 Å². The van der Waals surface area contributed by atoms with Crippen molar-refractivity contribution in [3.05, 3.63) is 88.9 Å². The number of aromatic nitrogens is 4. The average Bonchev–Trinajstić information content (AvgIpc) is 3.59. The van der Waals surface area contributed by atoms with Gasteiger partial charge in [0, 0.05) is 23.9 Å². The Morgan fingerprint density at radius 3 is 2.40 bits per heavy atom. The molecule has 55 heavy (non-hydrogen) atoms. The molecule has 0 amide bonds. The molecule has 3 aromatic carbocycles. The average molecular weight is 746 g/mol. The second-order valence-electron chi connectivity index (χ2n) is 14.8. The summed E-state index contributed by atoms with van der Waals surface area (Å²) in [5, 5.41) is 13.3. The Balaban J connectivity index is 1.15. The minimum Gasteiger partial charge on any atom is -0.495 e. The summed E-state index contributed by atoms with van der Waals surface area (Å²) in [5.74, 6) is 0.0551. The zero-order chi connectivity index (χ0) is 39.0. The summed E-state index contributed by atoms with van der Waals surface area (Å²) in [7, 11) is 1.47. The normalized spacial score (nSPS) is 14.0. The number of likely N-dealkylation sites (tertiary alicyclic amines) is 1. The number of methoxy groups -OCH3 is 1. The number of nitrogens with zero attached hydrogens (tertiary/aromatic N) is 6. The maximum Gasteiger partial charge on any atom is 0.309 e. The third kappa shape index (κ3) is 7.82. The van der Waals surface area contributed by atoms with Gasteiger partial charge in [-0.25, -0.2) is 28.7 Å². The Kier molecular flexibility index (Phi) is 10.2. The first-order valence-corrected chi connectivity index (χ1v) is 18.1. The van der Waals surface area contributed by atoms with Gasteiger partial charge in [0.15, 0.2) is 17.2 Å². The number of benzene rings is 3. The van der Waals surface area contributed by atoms with Gasteiger partial charge in [-0.1, -0.05) is 24.3 Å². The Morgan fingerprint density at radius 2 is 1.71 bits per heavy atom. The molecule has 0 atom stereocenters. The van der Waals surface area contributed by atoms with Gasteiger partial charge >= 0.3 is 5.97 Å². The minimum absolute atomic E-state index is 0.116. The van der Waals surface area contributed by atoms with E-state index in [4.69, 9.17) is 18.9 Å². The summed E-state index contributed by atoms with van der Waals surface area (Å²) in [5.41, 5.74) is 7.40. The third-order valence-electron chi connectivity index (χ3n) is 9.80. The van der Waals surface area contributed by atoms with E-state index in [1.165, 1.54) is 13.3 Å². The Bertz CT molecular complexity index is 2460. The van der Waals surface area contributed by atoms with Crippen LogP contribution in [0.4, 0.5) is 20.3 Å². The fraction of sp³-hybridized carbons (Fsp3) is 0.333. The fourth-order valence-corrected chi connectivity index (χ4v) is 7.01. The number of hydrogen-bond donors (Lipinski definition) is 1. The first-order valence-electron chi connectivity index (χ1n) is 18.1. The standard InChI is InChI=1S/C42H41F2N7O4/c1-23-29(30-10-8-12-32(24(30)2)47-38-35-33(19-28(53-6)21-46-35)48-39(50-38)37(43)44)9-7-11-31(23)40-49-34-18-25(17-27(20-45)36(34)54-40)22-51-15-13-26(14-16-51)41(52)55-42(3,4)5/h7-12,17-19,21,26,37H,13-16,22H2,1-6H3,(H,47,48,50). The van der Waals surface area contributed by atoms with Gasteiger partial charge in [-0.15, -0.1) is 0 Å². The number of nitrogens with one attached hydrogen (secondary N) is 1. The minimum atomic E-state index is -2.88. The largest absolute Gasteiger partial charge is 0.495 e. The summed E-state index contributed by atoms with van der Waals surface area (Å²) in [6, 6.07) is 19.2. The number of alkyl halides is 2. The van der Waals surface area contributed by atoms with Gasteiger partial charge in [-0.3, -0.25) is 9.69 Å². The number of hydrogen-bond acceptors (Lipinski definition) is 11. The van der Waals surface area contributed by atoms with Gasteiger partial charge < -0.3 is 19.2 Å². The molecule has 0 radical (unpaired) electrons. The molecular formula is C42H41F2N7O4. The summed E-state index contributed by atoms with van der Waals surface area (Å²) < 4.78 is 44.8. The van der Waals surface area contributed by atoms with Crippen molar-refractivity contribution < 1.29 is 27.5 Å². The molecule has 1 aliphatic heterocycles. The summed E-state index contributed by atoms with van der Waals surface area (Å²) >= 11 is 0. The van der Waals surface area contributed by atoms with Crippen LogP contribution in [-0.4, -0.2) is 56.6 Å². The quantitative estimate of drug-likeness (QED) is 0.142. The molecule has 0 saturated carbocycles. The van der Waals surface area contributed by atoms with Crippen molar-refractivity contribution in [2.45, 2.75) is 66.0 Å². The predicted octanol–water partition coefficient (Wildman–Crippen LogP) is 9.23. The molecule has 1 saturated heterocycles. The van der Waals surface area contributed by atoms with E-state index in [1.54, 1.807) is 6.07 Å². The highest BCUT2D eigenvalue weighted by molar-refractivity contribution is 5.90. The smallest absolute Gasteiger partial charge is 0.309 e. The van der Waals surface area contributed by atoms with Gasteiger partial charge in [-0.2, -0.15) is 5.26 Å². The number of halogens is 2. The molecule has 0 unspecified atom stereocenters. The van der Waals surface area contributed by atoms with E-state index in [0.717, 1.165) is 46.5 Å². The van der Waals surface area contributed by atoms with Crippen molar-refractivity contribution in [3.63, 3.8) is 0 Å². The number of piperidine rings is 1. The molecule has 0 bridgehead atoms. The predicted molar refractivity (Wildman–Crippen MR) is 205 cm³/mol. The van der Waals surface area contributed by atoms with Crippen LogP contribution in [0.3, 0.4) is 0 Å². The number of ether oxygens (including phenoxy) is 2. The van der Waals surface area contributed by atoms with Crippen LogP contribution in [0, 0.1) is 31.1 Å². The topological polar surface area (TPSA) is 139 Å². The monoisotopic (exact) mass is 745 g/mol. The fourth-order valence-electron chi connectivity index (χ4n) is 7.01. The maximum absolute atomic E-state index is 13.8. The number of anilines is 2. The molecule has 1 N–H and O–H groups in total. The zero-order valence-corrected chi connectivity index (χ0v) is 31.5. The van der Waals surface area contributed by atoms with Crippen molar-refractivity contribution in [1.29, 1.82) is 5.26 Å². The molecule has 0 spiro atoms. The first kappa shape index (κ1) is 37.3. The van der Waals surface area contributed by atoms with E-state index >= 15 is 0 Å². The molecule has 4 heterocycles. The number of nitriles is 1. The van der Waals surface area contributed by atoms with Crippen LogP contribution >= 0.6 is 0 Å². The van der Waals surface area contributed by atoms with E-state index in [-0.39, 0.29) is 23.2 Å². The molecule has 0 aliphatic carbocycles. The van der Waals surface area contributed by atoms with E-state index in [2.05, 4.69) is 31.2 Å². The number of carbonyl (C=O) groups excluding carboxylic acids is 1. The molecule has 7 rings (SSSR count). The lowest BCUT2D eigenvalue weighted by Gasteiger charge is -2.32. The summed E-state index contributed by atoms with van der Waals surface area (Å²) in [6.07, 6.45) is 0.0391. The summed E-state index contributed by atoms with van der Waals surface area (Å²) in [6.45, 7) is 11.7. The van der Waals surface area contributed by atoms with Crippen LogP contribution in [0.1, 0.15) is 68.1 Å². The van der Waals surface area contributed by atoms with E-state index in [0.29, 0.717) is 58.9 Å². The number of pyridine rings is 1. The van der Waals surface area contributed by atoms with Crippen LogP contribution in [0.5, 0.6) is 5.75 Å².